The molecule has 0 aliphatic heterocycles. The van der Waals surface area contributed by atoms with E-state index in [9.17, 15) is 5.11 Å². The van der Waals surface area contributed by atoms with Gasteiger partial charge in [0.05, 0.1) is 12.7 Å². The third-order valence-electron chi connectivity index (χ3n) is 5.63. The van der Waals surface area contributed by atoms with Crippen LogP contribution in [0.1, 0.15) is 57.9 Å². The van der Waals surface area contributed by atoms with Crippen molar-refractivity contribution >= 4 is 29.9 Å². The molecule has 26 heavy (non-hydrogen) atoms. The number of aromatic nitrogens is 2. The van der Waals surface area contributed by atoms with Crippen molar-refractivity contribution in [2.24, 2.45) is 23.9 Å². The van der Waals surface area contributed by atoms with Crippen LogP contribution < -0.4 is 10.6 Å². The molecule has 1 aromatic rings. The van der Waals surface area contributed by atoms with E-state index in [2.05, 4.69) is 27.6 Å². The smallest absolute Gasteiger partial charge is 0.191 e. The average Bonchev–Trinajstić information content (AvgIpc) is 3.22. The number of hydrogen-bond acceptors (Lipinski definition) is 3. The van der Waals surface area contributed by atoms with Gasteiger partial charge in [-0.3, -0.25) is 4.68 Å². The maximum atomic E-state index is 10.7. The fraction of sp³-hybridized carbons (Fsp3) is 0.789. The topological polar surface area (TPSA) is 74.5 Å². The van der Waals surface area contributed by atoms with Crippen molar-refractivity contribution in [2.45, 2.75) is 64.0 Å². The van der Waals surface area contributed by atoms with Gasteiger partial charge in [-0.15, -0.1) is 24.0 Å². The van der Waals surface area contributed by atoms with Crippen LogP contribution in [0.15, 0.2) is 17.4 Å². The molecule has 0 radical (unpaired) electrons. The van der Waals surface area contributed by atoms with E-state index in [4.69, 9.17) is 0 Å². The maximum absolute atomic E-state index is 10.7. The first-order valence-electron chi connectivity index (χ1n) is 9.76. The van der Waals surface area contributed by atoms with E-state index >= 15 is 0 Å². The van der Waals surface area contributed by atoms with Crippen LogP contribution in [0.5, 0.6) is 0 Å². The van der Waals surface area contributed by atoms with Gasteiger partial charge in [-0.25, -0.2) is 4.99 Å². The molecule has 148 valence electrons. The lowest BCUT2D eigenvalue weighted by Crippen LogP contribution is -2.41. The van der Waals surface area contributed by atoms with Crippen LogP contribution in [-0.4, -0.2) is 40.0 Å². The van der Waals surface area contributed by atoms with E-state index in [0.29, 0.717) is 12.6 Å². The summed E-state index contributed by atoms with van der Waals surface area (Å²) >= 11 is 0. The van der Waals surface area contributed by atoms with Gasteiger partial charge in [0.25, 0.3) is 0 Å². The van der Waals surface area contributed by atoms with E-state index < -0.39 is 5.60 Å². The zero-order valence-electron chi connectivity index (χ0n) is 16.2. The fourth-order valence-electron chi connectivity index (χ4n) is 3.98. The van der Waals surface area contributed by atoms with Crippen LogP contribution in [0, 0.1) is 11.8 Å². The van der Waals surface area contributed by atoms with Gasteiger partial charge < -0.3 is 15.7 Å². The molecule has 0 bridgehead atoms. The molecule has 1 aromatic heterocycles. The summed E-state index contributed by atoms with van der Waals surface area (Å²) in [6.07, 6.45) is 11.8. The Bertz CT molecular complexity index is 595. The summed E-state index contributed by atoms with van der Waals surface area (Å²) in [5.41, 5.74) is -0.218. The summed E-state index contributed by atoms with van der Waals surface area (Å²) in [5, 5.41) is 21.7. The van der Waals surface area contributed by atoms with Crippen molar-refractivity contribution in [3.05, 3.63) is 18.0 Å². The number of aryl methyl sites for hydroxylation is 1. The summed E-state index contributed by atoms with van der Waals surface area (Å²) in [5.74, 6) is 2.52. The molecule has 3 N–H and O–H groups in total. The highest BCUT2D eigenvalue weighted by atomic mass is 127. The summed E-state index contributed by atoms with van der Waals surface area (Å²) in [4.78, 5) is 4.64. The van der Waals surface area contributed by atoms with Gasteiger partial charge in [-0.1, -0.05) is 32.1 Å². The van der Waals surface area contributed by atoms with E-state index in [1.54, 1.807) is 17.8 Å². The zero-order chi connectivity index (χ0) is 17.9. The molecule has 0 aromatic carbocycles. The van der Waals surface area contributed by atoms with Crippen LogP contribution >= 0.6 is 24.0 Å². The number of hydrogen-bond donors (Lipinski definition) is 3. The summed E-state index contributed by atoms with van der Waals surface area (Å²) in [6, 6.07) is 0.546. The van der Waals surface area contributed by atoms with E-state index in [0.717, 1.165) is 29.9 Å². The maximum Gasteiger partial charge on any atom is 0.191 e. The number of halogens is 1. The molecule has 2 aliphatic carbocycles. The number of nitrogens with zero attached hydrogens (tertiary/aromatic N) is 3. The van der Waals surface area contributed by atoms with Gasteiger partial charge in [0.1, 0.15) is 5.60 Å². The molecule has 3 rings (SSSR count). The van der Waals surface area contributed by atoms with Crippen LogP contribution in [0.4, 0.5) is 0 Å². The fourth-order valence-corrected chi connectivity index (χ4v) is 3.98. The first-order valence-corrected chi connectivity index (χ1v) is 9.76. The van der Waals surface area contributed by atoms with Crippen molar-refractivity contribution < 1.29 is 5.11 Å². The standard InChI is InChI=1S/C19H33N5O.HI/c1-4-20-18(21-13-19(2,25)15-11-22-24(3)12-15)23-17-10-16(17)14-8-6-5-7-9-14;/h11-12,14,16-17,25H,4-10,13H2,1-3H3,(H2,20,21,23);1H. The Labute approximate surface area is 174 Å². The SMILES string of the molecule is CCNC(=NCC(C)(O)c1cnn(C)c1)NC1CC1C1CCCCC1.I. The lowest BCUT2D eigenvalue weighted by molar-refractivity contribution is 0.0671. The van der Waals surface area contributed by atoms with E-state index in [1.807, 2.05) is 13.2 Å². The normalized spacial score (nSPS) is 25.9. The van der Waals surface area contributed by atoms with Crippen molar-refractivity contribution in [3.8, 4) is 0 Å². The Morgan fingerprint density at radius 2 is 2.12 bits per heavy atom. The van der Waals surface area contributed by atoms with Gasteiger partial charge in [-0.05, 0) is 32.1 Å². The summed E-state index contributed by atoms with van der Waals surface area (Å²) in [6.45, 7) is 5.00. The highest BCUT2D eigenvalue weighted by Crippen LogP contribution is 2.44. The summed E-state index contributed by atoms with van der Waals surface area (Å²) < 4.78 is 1.70. The lowest BCUT2D eigenvalue weighted by atomic mass is 9.85. The number of rotatable bonds is 6. The summed E-state index contributed by atoms with van der Waals surface area (Å²) in [7, 11) is 1.85. The quantitative estimate of drug-likeness (QED) is 0.336. The monoisotopic (exact) mass is 475 g/mol. The number of nitrogens with one attached hydrogen (secondary N) is 2. The molecule has 1 heterocycles. The van der Waals surface area contributed by atoms with Crippen molar-refractivity contribution in [2.75, 3.05) is 13.1 Å². The molecule has 6 nitrogen and oxygen atoms in total. The molecule has 0 spiro atoms. The molecule has 3 unspecified atom stereocenters. The third-order valence-corrected chi connectivity index (χ3v) is 5.63. The molecule has 2 saturated carbocycles. The molecule has 2 fully saturated rings. The van der Waals surface area contributed by atoms with Crippen LogP contribution in [-0.2, 0) is 12.6 Å². The molecule has 7 heteroatoms. The van der Waals surface area contributed by atoms with Gasteiger partial charge in [0, 0.05) is 31.4 Å². The molecule has 3 atom stereocenters. The first kappa shape index (κ1) is 21.5. The Morgan fingerprint density at radius 3 is 2.73 bits per heavy atom. The molecular weight excluding hydrogens is 441 g/mol. The predicted octanol–water partition coefficient (Wildman–Crippen LogP) is 2.77. The number of aliphatic hydroxyl groups is 1. The Balaban J connectivity index is 0.00000243. The minimum Gasteiger partial charge on any atom is -0.383 e. The van der Waals surface area contributed by atoms with Gasteiger partial charge in [0.2, 0.25) is 0 Å². The Morgan fingerprint density at radius 1 is 1.38 bits per heavy atom. The minimum absolute atomic E-state index is 0. The molecular formula is C19H34IN5O. The van der Waals surface area contributed by atoms with Crippen molar-refractivity contribution in [1.82, 2.24) is 20.4 Å². The molecule has 0 amide bonds. The second-order valence-electron chi connectivity index (χ2n) is 7.92. The third kappa shape index (κ3) is 5.58. The average molecular weight is 475 g/mol. The van der Waals surface area contributed by atoms with E-state index in [1.165, 1.54) is 38.5 Å². The largest absolute Gasteiger partial charge is 0.383 e. The second-order valence-corrected chi connectivity index (χ2v) is 7.92. The Kier molecular flexibility index (Phi) is 7.76. The van der Waals surface area contributed by atoms with Gasteiger partial charge in [-0.2, -0.15) is 5.10 Å². The predicted molar refractivity (Wildman–Crippen MR) is 116 cm³/mol. The molecule has 2 aliphatic rings. The van der Waals surface area contributed by atoms with Crippen LogP contribution in [0.25, 0.3) is 0 Å². The highest BCUT2D eigenvalue weighted by molar-refractivity contribution is 14.0. The second kappa shape index (κ2) is 9.39. The highest BCUT2D eigenvalue weighted by Gasteiger charge is 2.43. The molecule has 0 saturated heterocycles. The van der Waals surface area contributed by atoms with E-state index in [-0.39, 0.29) is 24.0 Å². The number of guanidine groups is 1. The Hall–Kier alpha value is -0.830. The number of aliphatic imine (C=N–C) groups is 1. The van der Waals surface area contributed by atoms with Crippen molar-refractivity contribution in [1.29, 1.82) is 0 Å². The van der Waals surface area contributed by atoms with Crippen LogP contribution in [0.3, 0.4) is 0 Å². The van der Waals surface area contributed by atoms with Crippen molar-refractivity contribution in [3.63, 3.8) is 0 Å². The first-order chi connectivity index (χ1) is 12.0. The van der Waals surface area contributed by atoms with Crippen LogP contribution in [0.2, 0.25) is 0 Å². The van der Waals surface area contributed by atoms with Gasteiger partial charge >= 0.3 is 0 Å². The lowest BCUT2D eigenvalue weighted by Gasteiger charge is -2.23. The van der Waals surface area contributed by atoms with Gasteiger partial charge in [0.15, 0.2) is 5.96 Å². The minimum atomic E-state index is -1.01. The zero-order valence-corrected chi connectivity index (χ0v) is 18.6.